The van der Waals surface area contributed by atoms with E-state index in [1.54, 1.807) is 29.7 Å². The molecule has 0 N–H and O–H groups in total. The van der Waals surface area contributed by atoms with Crippen LogP contribution in [0.25, 0.3) is 10.2 Å². The van der Waals surface area contributed by atoms with Crippen LogP contribution in [0.1, 0.15) is 6.92 Å². The summed E-state index contributed by atoms with van der Waals surface area (Å²) in [5.74, 6) is -0.476. The van der Waals surface area contributed by atoms with Gasteiger partial charge in [-0.25, -0.2) is 8.42 Å². The number of benzene rings is 1. The van der Waals surface area contributed by atoms with Gasteiger partial charge in [0.2, 0.25) is 10.0 Å². The molecule has 0 spiro atoms. The lowest BCUT2D eigenvalue weighted by atomic mass is 10.3. The fourth-order valence-corrected chi connectivity index (χ4v) is 3.62. The van der Waals surface area contributed by atoms with Crippen molar-refractivity contribution in [2.45, 2.75) is 13.5 Å². The Hall–Kier alpha value is -2.24. The quantitative estimate of drug-likeness (QED) is 0.613. The van der Waals surface area contributed by atoms with Crippen molar-refractivity contribution in [3.05, 3.63) is 23.0 Å². The molecule has 0 atom stereocenters. The van der Waals surface area contributed by atoms with E-state index >= 15 is 0 Å². The zero-order valence-electron chi connectivity index (χ0n) is 15.5. The van der Waals surface area contributed by atoms with Crippen molar-refractivity contribution in [2.75, 3.05) is 33.6 Å². The van der Waals surface area contributed by atoms with Gasteiger partial charge in [-0.3, -0.25) is 9.59 Å². The van der Waals surface area contributed by atoms with Crippen molar-refractivity contribution in [1.29, 1.82) is 0 Å². The van der Waals surface area contributed by atoms with E-state index < -0.39 is 28.4 Å². The molecule has 27 heavy (non-hydrogen) atoms. The molecule has 2 aromatic rings. The molecular formula is C16H21N3O6S2. The number of carbonyl (C=O) groups is 2. The summed E-state index contributed by atoms with van der Waals surface area (Å²) in [4.78, 5) is 28.4. The molecule has 2 rings (SSSR count). The molecule has 0 aliphatic rings. The maximum absolute atomic E-state index is 12.2. The summed E-state index contributed by atoms with van der Waals surface area (Å²) in [6.07, 6.45) is 1.01. The van der Waals surface area contributed by atoms with E-state index in [1.807, 2.05) is 0 Å². The SMILES string of the molecule is CCOC(=O)Cn1c(=NC(=O)CN(C)S(C)(=O)=O)sc2cc(OC)ccc21. The summed E-state index contributed by atoms with van der Waals surface area (Å²) in [6, 6.07) is 5.27. The number of ether oxygens (including phenoxy) is 2. The monoisotopic (exact) mass is 415 g/mol. The van der Waals surface area contributed by atoms with Crippen molar-refractivity contribution in [2.24, 2.45) is 4.99 Å². The second-order valence-electron chi connectivity index (χ2n) is 5.63. The summed E-state index contributed by atoms with van der Waals surface area (Å²) in [6.45, 7) is 1.43. The summed E-state index contributed by atoms with van der Waals surface area (Å²) in [5, 5.41) is 0. The molecule has 0 unspecified atom stereocenters. The van der Waals surface area contributed by atoms with Gasteiger partial charge in [0.15, 0.2) is 4.80 Å². The minimum absolute atomic E-state index is 0.117. The van der Waals surface area contributed by atoms with Crippen LogP contribution in [0.5, 0.6) is 5.75 Å². The first-order chi connectivity index (χ1) is 12.7. The number of aromatic nitrogens is 1. The molecule has 148 valence electrons. The first-order valence-corrected chi connectivity index (χ1v) is 10.6. The number of methoxy groups -OCH3 is 1. The van der Waals surface area contributed by atoms with Crippen molar-refractivity contribution < 1.29 is 27.5 Å². The van der Waals surface area contributed by atoms with Gasteiger partial charge in [0.25, 0.3) is 5.91 Å². The summed E-state index contributed by atoms with van der Waals surface area (Å²) in [5.41, 5.74) is 0.692. The number of fused-ring (bicyclic) bond motifs is 1. The number of hydrogen-bond donors (Lipinski definition) is 0. The third kappa shape index (κ3) is 5.37. The third-order valence-electron chi connectivity index (χ3n) is 3.63. The van der Waals surface area contributed by atoms with Crippen molar-refractivity contribution in [3.63, 3.8) is 0 Å². The molecule has 9 nitrogen and oxygen atoms in total. The molecule has 0 fully saturated rings. The summed E-state index contributed by atoms with van der Waals surface area (Å²) >= 11 is 1.20. The maximum Gasteiger partial charge on any atom is 0.326 e. The van der Waals surface area contributed by atoms with E-state index in [1.165, 1.54) is 25.5 Å². The summed E-state index contributed by atoms with van der Waals surface area (Å²) < 4.78 is 36.4. The molecule has 0 bridgehead atoms. The predicted octanol–water partition coefficient (Wildman–Crippen LogP) is 0.593. The zero-order chi connectivity index (χ0) is 20.2. The highest BCUT2D eigenvalue weighted by Crippen LogP contribution is 2.23. The number of likely N-dealkylation sites (N-methyl/N-ethyl adjacent to an activating group) is 1. The van der Waals surface area contributed by atoms with Crippen LogP contribution in [-0.4, -0.2) is 62.7 Å². The van der Waals surface area contributed by atoms with Crippen LogP contribution >= 0.6 is 11.3 Å². The lowest BCUT2D eigenvalue weighted by molar-refractivity contribution is -0.143. The van der Waals surface area contributed by atoms with Crippen LogP contribution < -0.4 is 9.54 Å². The van der Waals surface area contributed by atoms with Crippen LogP contribution in [-0.2, 0) is 30.9 Å². The smallest absolute Gasteiger partial charge is 0.326 e. The Morgan fingerprint density at radius 1 is 1.33 bits per heavy atom. The molecule has 11 heteroatoms. The third-order valence-corrected chi connectivity index (χ3v) is 5.93. The molecule has 0 aliphatic heterocycles. The largest absolute Gasteiger partial charge is 0.497 e. The lowest BCUT2D eigenvalue weighted by Gasteiger charge is -2.10. The second-order valence-corrected chi connectivity index (χ2v) is 8.73. The second kappa shape index (κ2) is 8.63. The Balaban J connectivity index is 2.49. The van der Waals surface area contributed by atoms with Gasteiger partial charge in [-0.1, -0.05) is 11.3 Å². The number of amides is 1. The lowest BCUT2D eigenvalue weighted by Crippen LogP contribution is -2.32. The fourth-order valence-electron chi connectivity index (χ4n) is 2.20. The van der Waals surface area contributed by atoms with Gasteiger partial charge in [-0.15, -0.1) is 0 Å². The van der Waals surface area contributed by atoms with Gasteiger partial charge in [-0.05, 0) is 25.1 Å². The number of nitrogens with zero attached hydrogens (tertiary/aromatic N) is 3. The highest BCUT2D eigenvalue weighted by molar-refractivity contribution is 7.88. The average molecular weight is 415 g/mol. The van der Waals surface area contributed by atoms with Gasteiger partial charge in [0, 0.05) is 7.05 Å². The minimum atomic E-state index is -3.50. The van der Waals surface area contributed by atoms with E-state index in [-0.39, 0.29) is 18.0 Å². The standard InChI is InChI=1S/C16H21N3O6S2/c1-5-25-15(21)10-19-12-7-6-11(24-3)8-13(12)26-16(19)17-14(20)9-18(2)27(4,22)23/h6-8H,5,9-10H2,1-4H3. The molecule has 0 saturated carbocycles. The van der Waals surface area contributed by atoms with Crippen LogP contribution in [0.15, 0.2) is 23.2 Å². The van der Waals surface area contributed by atoms with Crippen LogP contribution in [0.3, 0.4) is 0 Å². The van der Waals surface area contributed by atoms with Gasteiger partial charge in [0.1, 0.15) is 12.3 Å². The van der Waals surface area contributed by atoms with Crippen LogP contribution in [0.2, 0.25) is 0 Å². The van der Waals surface area contributed by atoms with Crippen LogP contribution in [0, 0.1) is 0 Å². The number of carbonyl (C=O) groups excluding carboxylic acids is 2. The Kier molecular flexibility index (Phi) is 6.73. The van der Waals surface area contributed by atoms with E-state index in [2.05, 4.69) is 4.99 Å². The number of hydrogen-bond acceptors (Lipinski definition) is 7. The number of thiazole rings is 1. The first kappa shape index (κ1) is 21.1. The zero-order valence-corrected chi connectivity index (χ0v) is 17.1. The Bertz CT molecular complexity index is 1020. The maximum atomic E-state index is 12.2. The van der Waals surface area contributed by atoms with E-state index in [9.17, 15) is 18.0 Å². The topological polar surface area (TPSA) is 107 Å². The van der Waals surface area contributed by atoms with Gasteiger partial charge < -0.3 is 14.0 Å². The number of esters is 1. The molecule has 0 saturated heterocycles. The first-order valence-electron chi connectivity index (χ1n) is 7.97. The molecule has 1 heterocycles. The van der Waals surface area contributed by atoms with Gasteiger partial charge >= 0.3 is 5.97 Å². The van der Waals surface area contributed by atoms with E-state index in [4.69, 9.17) is 9.47 Å². The van der Waals surface area contributed by atoms with Gasteiger partial charge in [-0.2, -0.15) is 9.30 Å². The minimum Gasteiger partial charge on any atom is -0.497 e. The molecule has 1 amide bonds. The van der Waals surface area contributed by atoms with Crippen LogP contribution in [0.4, 0.5) is 0 Å². The Labute approximate surface area is 160 Å². The molecular weight excluding hydrogens is 394 g/mol. The molecule has 1 aromatic carbocycles. The normalized spacial score (nSPS) is 12.6. The van der Waals surface area contributed by atoms with Gasteiger partial charge in [0.05, 0.1) is 36.7 Å². The Morgan fingerprint density at radius 3 is 2.63 bits per heavy atom. The molecule has 0 radical (unpaired) electrons. The highest BCUT2D eigenvalue weighted by Gasteiger charge is 2.16. The predicted molar refractivity (Wildman–Crippen MR) is 101 cm³/mol. The van der Waals surface area contributed by atoms with Crippen molar-refractivity contribution >= 4 is 43.5 Å². The number of rotatable bonds is 7. The van der Waals surface area contributed by atoms with E-state index in [0.717, 1.165) is 15.3 Å². The number of sulfonamides is 1. The van der Waals surface area contributed by atoms with Crippen molar-refractivity contribution in [3.8, 4) is 5.75 Å². The molecule has 1 aromatic heterocycles. The highest BCUT2D eigenvalue weighted by atomic mass is 32.2. The van der Waals surface area contributed by atoms with E-state index in [0.29, 0.717) is 11.3 Å². The Morgan fingerprint density at radius 2 is 2.04 bits per heavy atom. The van der Waals surface area contributed by atoms with Crippen molar-refractivity contribution in [1.82, 2.24) is 8.87 Å². The fraction of sp³-hybridized carbons (Fsp3) is 0.438. The molecule has 0 aliphatic carbocycles. The summed E-state index contributed by atoms with van der Waals surface area (Å²) in [7, 11) is -0.666. The average Bonchev–Trinajstić information content (AvgIpc) is 2.90.